The van der Waals surface area contributed by atoms with E-state index >= 15 is 0 Å². The van der Waals surface area contributed by atoms with Crippen molar-refractivity contribution in [1.29, 1.82) is 0 Å². The average Bonchev–Trinajstić information content (AvgIpc) is 3.20. The number of hydrogen-bond donors (Lipinski definition) is 0. The summed E-state index contributed by atoms with van der Waals surface area (Å²) in [5.41, 5.74) is 0. The SMILES string of the molecule is Cc1nc([C@H]2CCCN2C(=O)CCCOc2cccc(F)c2)no1. The average molecular weight is 333 g/mol. The summed E-state index contributed by atoms with van der Waals surface area (Å²) >= 11 is 0. The van der Waals surface area contributed by atoms with Gasteiger partial charge in [-0.05, 0) is 31.4 Å². The van der Waals surface area contributed by atoms with Crippen molar-refractivity contribution in [2.24, 2.45) is 0 Å². The van der Waals surface area contributed by atoms with Crippen LogP contribution in [0.1, 0.15) is 43.4 Å². The molecule has 128 valence electrons. The van der Waals surface area contributed by atoms with Crippen molar-refractivity contribution in [3.05, 3.63) is 41.8 Å². The van der Waals surface area contributed by atoms with Crippen LogP contribution < -0.4 is 4.74 Å². The van der Waals surface area contributed by atoms with Gasteiger partial charge in [0.1, 0.15) is 11.6 Å². The minimum absolute atomic E-state index is 0.0581. The lowest BCUT2D eigenvalue weighted by Gasteiger charge is -2.22. The Hall–Kier alpha value is -2.44. The van der Waals surface area contributed by atoms with Crippen molar-refractivity contribution in [3.8, 4) is 5.75 Å². The summed E-state index contributed by atoms with van der Waals surface area (Å²) in [5.74, 6) is 1.28. The fraction of sp³-hybridized carbons (Fsp3) is 0.471. The molecule has 1 aromatic carbocycles. The van der Waals surface area contributed by atoms with E-state index in [9.17, 15) is 9.18 Å². The number of aromatic nitrogens is 2. The molecule has 1 saturated heterocycles. The van der Waals surface area contributed by atoms with E-state index in [4.69, 9.17) is 9.26 Å². The number of benzene rings is 1. The number of likely N-dealkylation sites (tertiary alicyclic amines) is 1. The first-order chi connectivity index (χ1) is 11.6. The molecule has 0 unspecified atom stereocenters. The molecule has 7 heteroatoms. The lowest BCUT2D eigenvalue weighted by Crippen LogP contribution is -2.31. The van der Waals surface area contributed by atoms with E-state index in [-0.39, 0.29) is 17.8 Å². The van der Waals surface area contributed by atoms with Gasteiger partial charge < -0.3 is 14.2 Å². The molecule has 1 amide bonds. The largest absolute Gasteiger partial charge is 0.493 e. The Balaban J connectivity index is 1.47. The molecule has 24 heavy (non-hydrogen) atoms. The molecule has 0 N–H and O–H groups in total. The highest BCUT2D eigenvalue weighted by Gasteiger charge is 2.32. The third-order valence-electron chi connectivity index (χ3n) is 4.01. The lowest BCUT2D eigenvalue weighted by molar-refractivity contribution is -0.132. The number of ether oxygens (including phenoxy) is 1. The van der Waals surface area contributed by atoms with E-state index in [0.717, 1.165) is 12.8 Å². The van der Waals surface area contributed by atoms with Crippen LogP contribution in [0.2, 0.25) is 0 Å². The van der Waals surface area contributed by atoms with Crippen molar-refractivity contribution < 1.29 is 18.4 Å². The molecule has 2 heterocycles. The molecule has 1 aliphatic heterocycles. The Labute approximate surface area is 139 Å². The van der Waals surface area contributed by atoms with Gasteiger partial charge >= 0.3 is 0 Å². The van der Waals surface area contributed by atoms with Crippen LogP contribution >= 0.6 is 0 Å². The second-order valence-corrected chi connectivity index (χ2v) is 5.83. The van der Waals surface area contributed by atoms with E-state index in [2.05, 4.69) is 10.1 Å². The summed E-state index contributed by atoms with van der Waals surface area (Å²) in [6.45, 7) is 2.82. The van der Waals surface area contributed by atoms with Crippen molar-refractivity contribution in [3.63, 3.8) is 0 Å². The van der Waals surface area contributed by atoms with Crippen LogP contribution in [0, 0.1) is 12.7 Å². The molecule has 0 spiro atoms. The number of halogens is 1. The Morgan fingerprint density at radius 3 is 3.12 bits per heavy atom. The molecule has 1 aromatic heterocycles. The van der Waals surface area contributed by atoms with Crippen molar-refractivity contribution in [1.82, 2.24) is 15.0 Å². The van der Waals surface area contributed by atoms with E-state index in [1.54, 1.807) is 19.1 Å². The molecule has 2 aromatic rings. The van der Waals surface area contributed by atoms with Gasteiger partial charge in [-0.2, -0.15) is 4.98 Å². The quantitative estimate of drug-likeness (QED) is 0.760. The maximum Gasteiger partial charge on any atom is 0.223 e. The molecular weight excluding hydrogens is 313 g/mol. The van der Waals surface area contributed by atoms with Gasteiger partial charge in [-0.15, -0.1) is 0 Å². The number of rotatable bonds is 6. The van der Waals surface area contributed by atoms with Gasteiger partial charge in [0.15, 0.2) is 5.82 Å². The first-order valence-corrected chi connectivity index (χ1v) is 8.11. The smallest absolute Gasteiger partial charge is 0.223 e. The second-order valence-electron chi connectivity index (χ2n) is 5.83. The van der Waals surface area contributed by atoms with Gasteiger partial charge in [-0.3, -0.25) is 4.79 Å². The fourth-order valence-corrected chi connectivity index (χ4v) is 2.90. The van der Waals surface area contributed by atoms with Crippen LogP contribution in [0.3, 0.4) is 0 Å². The highest BCUT2D eigenvalue weighted by atomic mass is 19.1. The van der Waals surface area contributed by atoms with Crippen LogP contribution in [-0.2, 0) is 4.79 Å². The predicted molar refractivity (Wildman–Crippen MR) is 83.9 cm³/mol. The predicted octanol–water partition coefficient (Wildman–Crippen LogP) is 3.04. The van der Waals surface area contributed by atoms with Crippen LogP contribution in [0.5, 0.6) is 5.75 Å². The monoisotopic (exact) mass is 333 g/mol. The molecular formula is C17H20FN3O3. The van der Waals surface area contributed by atoms with Crippen molar-refractivity contribution in [2.75, 3.05) is 13.2 Å². The highest BCUT2D eigenvalue weighted by molar-refractivity contribution is 5.76. The second kappa shape index (κ2) is 7.42. The minimum Gasteiger partial charge on any atom is -0.493 e. The Morgan fingerprint density at radius 1 is 1.50 bits per heavy atom. The van der Waals surface area contributed by atoms with E-state index in [1.165, 1.54) is 12.1 Å². The number of amides is 1. The number of aryl methyl sites for hydroxylation is 1. The van der Waals surface area contributed by atoms with Crippen molar-refractivity contribution >= 4 is 5.91 Å². The number of carbonyl (C=O) groups is 1. The summed E-state index contributed by atoms with van der Waals surface area (Å²) in [5, 5.41) is 3.93. The number of hydrogen-bond acceptors (Lipinski definition) is 5. The normalized spacial score (nSPS) is 17.2. The Bertz CT molecular complexity index is 704. The lowest BCUT2D eigenvalue weighted by atomic mass is 10.2. The van der Waals surface area contributed by atoms with Gasteiger partial charge in [0.2, 0.25) is 11.8 Å². The van der Waals surface area contributed by atoms with Gasteiger partial charge in [0.05, 0.1) is 12.6 Å². The van der Waals surface area contributed by atoms with E-state index in [1.807, 2.05) is 4.90 Å². The molecule has 1 atom stereocenters. The molecule has 0 bridgehead atoms. The first-order valence-electron chi connectivity index (χ1n) is 8.11. The maximum absolute atomic E-state index is 13.1. The zero-order valence-corrected chi connectivity index (χ0v) is 13.6. The standard InChI is InChI=1S/C17H20FN3O3/c1-12-19-17(20-24-12)15-7-3-9-21(15)16(22)8-4-10-23-14-6-2-5-13(18)11-14/h2,5-6,11,15H,3-4,7-10H2,1H3/t15-/m1/s1. The maximum atomic E-state index is 13.1. The molecule has 1 fully saturated rings. The third kappa shape index (κ3) is 3.90. The number of nitrogens with zero attached hydrogens (tertiary/aromatic N) is 3. The molecule has 0 aliphatic carbocycles. The molecule has 3 rings (SSSR count). The van der Waals surface area contributed by atoms with Crippen LogP contribution in [0.25, 0.3) is 0 Å². The fourth-order valence-electron chi connectivity index (χ4n) is 2.90. The highest BCUT2D eigenvalue weighted by Crippen LogP contribution is 2.30. The van der Waals surface area contributed by atoms with Gasteiger partial charge in [0.25, 0.3) is 0 Å². The summed E-state index contributed by atoms with van der Waals surface area (Å²) < 4.78 is 23.5. The Kier molecular flexibility index (Phi) is 5.08. The van der Waals surface area contributed by atoms with Gasteiger partial charge in [0, 0.05) is 26.0 Å². The zero-order chi connectivity index (χ0) is 16.9. The zero-order valence-electron chi connectivity index (χ0n) is 13.6. The van der Waals surface area contributed by atoms with Crippen LogP contribution in [0.15, 0.2) is 28.8 Å². The summed E-state index contributed by atoms with van der Waals surface area (Å²) in [7, 11) is 0. The summed E-state index contributed by atoms with van der Waals surface area (Å²) in [4.78, 5) is 18.5. The first kappa shape index (κ1) is 16.4. The minimum atomic E-state index is -0.334. The molecule has 0 saturated carbocycles. The van der Waals surface area contributed by atoms with Gasteiger partial charge in [-0.25, -0.2) is 4.39 Å². The number of carbonyl (C=O) groups excluding carboxylic acids is 1. The molecule has 6 nitrogen and oxygen atoms in total. The van der Waals surface area contributed by atoms with E-state index < -0.39 is 0 Å². The van der Waals surface area contributed by atoms with Crippen LogP contribution in [-0.4, -0.2) is 34.1 Å². The van der Waals surface area contributed by atoms with Gasteiger partial charge in [-0.1, -0.05) is 11.2 Å². The van der Waals surface area contributed by atoms with E-state index in [0.29, 0.717) is 43.5 Å². The van der Waals surface area contributed by atoms with Crippen molar-refractivity contribution in [2.45, 2.75) is 38.6 Å². The molecule has 1 aliphatic rings. The summed E-state index contributed by atoms with van der Waals surface area (Å²) in [6, 6.07) is 5.89. The molecule has 0 radical (unpaired) electrons. The topological polar surface area (TPSA) is 68.5 Å². The summed E-state index contributed by atoms with van der Waals surface area (Å²) in [6.07, 6.45) is 2.74. The third-order valence-corrected chi connectivity index (χ3v) is 4.01. The Morgan fingerprint density at radius 2 is 2.38 bits per heavy atom. The van der Waals surface area contributed by atoms with Crippen LogP contribution in [0.4, 0.5) is 4.39 Å².